The van der Waals surface area contributed by atoms with Crippen LogP contribution in [0.2, 0.25) is 0 Å². The van der Waals surface area contributed by atoms with Gasteiger partial charge in [0.2, 0.25) is 0 Å². The minimum atomic E-state index is -1.06. The van der Waals surface area contributed by atoms with E-state index in [0.717, 1.165) is 45.1 Å². The van der Waals surface area contributed by atoms with Crippen LogP contribution in [0, 0.1) is 5.92 Å². The van der Waals surface area contributed by atoms with Crippen molar-refractivity contribution in [2.75, 3.05) is 6.54 Å². The van der Waals surface area contributed by atoms with Crippen molar-refractivity contribution in [3.63, 3.8) is 0 Å². The Kier molecular flexibility index (Phi) is 5.12. The Balaban J connectivity index is 2.09. The van der Waals surface area contributed by atoms with Gasteiger partial charge in [0.05, 0.1) is 0 Å². The predicted octanol–water partition coefficient (Wildman–Crippen LogP) is 2.99. The first-order valence-corrected chi connectivity index (χ1v) is 8.28. The zero-order chi connectivity index (χ0) is 15.5. The normalized spacial score (nSPS) is 25.7. The minimum Gasteiger partial charge on any atom is -0.480 e. The molecule has 0 radical (unpaired) electrons. The number of carbonyl (C=O) groups excluding carboxylic acids is 1. The number of hydrogen-bond donors (Lipinski definition) is 2. The van der Waals surface area contributed by atoms with Crippen LogP contribution in [-0.4, -0.2) is 40.1 Å². The number of carboxylic acid groups (broad SMARTS) is 1. The number of likely N-dealkylation sites (tertiary alicyclic amines) is 1. The SMILES string of the molecule is CC(C)C1CCCN1C(=O)NC1(C(=O)O)CCCCCC1. The van der Waals surface area contributed by atoms with E-state index in [4.69, 9.17) is 0 Å². The van der Waals surface area contributed by atoms with E-state index < -0.39 is 11.5 Å². The Bertz CT molecular complexity index is 387. The monoisotopic (exact) mass is 296 g/mol. The lowest BCUT2D eigenvalue weighted by molar-refractivity contribution is -0.145. The Morgan fingerprint density at radius 1 is 1.14 bits per heavy atom. The third kappa shape index (κ3) is 3.50. The average molecular weight is 296 g/mol. The largest absolute Gasteiger partial charge is 0.480 e. The number of amides is 2. The molecule has 1 saturated carbocycles. The topological polar surface area (TPSA) is 69.6 Å². The van der Waals surface area contributed by atoms with Gasteiger partial charge >= 0.3 is 12.0 Å². The molecule has 2 amide bonds. The van der Waals surface area contributed by atoms with Gasteiger partial charge < -0.3 is 15.3 Å². The van der Waals surface area contributed by atoms with Crippen molar-refractivity contribution >= 4 is 12.0 Å². The molecule has 21 heavy (non-hydrogen) atoms. The summed E-state index contributed by atoms with van der Waals surface area (Å²) >= 11 is 0. The summed E-state index contributed by atoms with van der Waals surface area (Å²) in [5.74, 6) is -0.466. The highest BCUT2D eigenvalue weighted by Gasteiger charge is 2.42. The lowest BCUT2D eigenvalue weighted by atomic mass is 9.90. The molecule has 1 aliphatic carbocycles. The van der Waals surface area contributed by atoms with E-state index in [2.05, 4.69) is 19.2 Å². The number of carboxylic acids is 1. The zero-order valence-corrected chi connectivity index (χ0v) is 13.2. The molecule has 2 aliphatic rings. The number of rotatable bonds is 3. The van der Waals surface area contributed by atoms with Gasteiger partial charge in [0, 0.05) is 12.6 Å². The maximum atomic E-state index is 12.6. The van der Waals surface area contributed by atoms with E-state index in [1.807, 2.05) is 4.90 Å². The molecule has 120 valence electrons. The van der Waals surface area contributed by atoms with Gasteiger partial charge in [-0.3, -0.25) is 0 Å². The molecule has 2 rings (SSSR count). The van der Waals surface area contributed by atoms with Crippen molar-refractivity contribution in [3.05, 3.63) is 0 Å². The molecule has 0 bridgehead atoms. The van der Waals surface area contributed by atoms with Crippen LogP contribution in [0.3, 0.4) is 0 Å². The summed E-state index contributed by atoms with van der Waals surface area (Å²) < 4.78 is 0. The van der Waals surface area contributed by atoms with Crippen LogP contribution < -0.4 is 5.32 Å². The summed E-state index contributed by atoms with van der Waals surface area (Å²) in [6.45, 7) is 4.98. The average Bonchev–Trinajstić information content (AvgIpc) is 2.80. The summed E-state index contributed by atoms with van der Waals surface area (Å²) in [4.78, 5) is 26.2. The zero-order valence-electron chi connectivity index (χ0n) is 13.2. The molecule has 5 heteroatoms. The van der Waals surface area contributed by atoms with E-state index in [0.29, 0.717) is 18.8 Å². The second-order valence-electron chi connectivity index (χ2n) is 6.88. The molecule has 1 saturated heterocycles. The van der Waals surface area contributed by atoms with Crippen molar-refractivity contribution in [1.82, 2.24) is 10.2 Å². The van der Waals surface area contributed by atoms with Crippen LogP contribution >= 0.6 is 0 Å². The first-order chi connectivity index (χ1) is 9.96. The molecular weight excluding hydrogens is 268 g/mol. The second kappa shape index (κ2) is 6.67. The van der Waals surface area contributed by atoms with Crippen LogP contribution in [0.5, 0.6) is 0 Å². The number of nitrogens with zero attached hydrogens (tertiary/aromatic N) is 1. The van der Waals surface area contributed by atoms with Gasteiger partial charge in [0.25, 0.3) is 0 Å². The molecule has 0 aromatic carbocycles. The minimum absolute atomic E-state index is 0.185. The quantitative estimate of drug-likeness (QED) is 0.787. The Labute approximate surface area is 127 Å². The van der Waals surface area contributed by atoms with Crippen molar-refractivity contribution < 1.29 is 14.7 Å². The summed E-state index contributed by atoms with van der Waals surface area (Å²) in [5.41, 5.74) is -1.06. The fraction of sp³-hybridized carbons (Fsp3) is 0.875. The predicted molar refractivity (Wildman–Crippen MR) is 81.2 cm³/mol. The van der Waals surface area contributed by atoms with E-state index >= 15 is 0 Å². The van der Waals surface area contributed by atoms with Crippen molar-refractivity contribution in [2.45, 2.75) is 76.8 Å². The molecule has 0 aromatic rings. The lowest BCUT2D eigenvalue weighted by Crippen LogP contribution is -2.58. The van der Waals surface area contributed by atoms with E-state index in [1.54, 1.807) is 0 Å². The number of nitrogens with one attached hydrogen (secondary N) is 1. The van der Waals surface area contributed by atoms with Crippen molar-refractivity contribution in [1.29, 1.82) is 0 Å². The maximum absolute atomic E-state index is 12.6. The van der Waals surface area contributed by atoms with Crippen molar-refractivity contribution in [2.24, 2.45) is 5.92 Å². The third-order valence-electron chi connectivity index (χ3n) is 5.04. The van der Waals surface area contributed by atoms with Crippen LogP contribution in [-0.2, 0) is 4.79 Å². The standard InChI is InChI=1S/C16H28N2O3/c1-12(2)13-8-7-11-18(13)15(21)17-16(14(19)20)9-5-3-4-6-10-16/h12-13H,3-11H2,1-2H3,(H,17,21)(H,19,20). The molecular formula is C16H28N2O3. The van der Waals surface area contributed by atoms with E-state index in [1.165, 1.54) is 0 Å². The third-order valence-corrected chi connectivity index (χ3v) is 5.04. The van der Waals surface area contributed by atoms with Crippen LogP contribution in [0.4, 0.5) is 4.79 Å². The summed E-state index contributed by atoms with van der Waals surface area (Å²) in [5, 5.41) is 12.5. The molecule has 1 unspecified atom stereocenters. The highest BCUT2D eigenvalue weighted by molar-refractivity contribution is 5.86. The fourth-order valence-corrected chi connectivity index (χ4v) is 3.74. The highest BCUT2D eigenvalue weighted by atomic mass is 16.4. The Hall–Kier alpha value is -1.26. The molecule has 1 heterocycles. The molecule has 5 nitrogen and oxygen atoms in total. The smallest absolute Gasteiger partial charge is 0.329 e. The van der Waals surface area contributed by atoms with Crippen LogP contribution in [0.1, 0.15) is 65.2 Å². The van der Waals surface area contributed by atoms with Gasteiger partial charge in [-0.05, 0) is 31.6 Å². The van der Waals surface area contributed by atoms with Gasteiger partial charge in [0.15, 0.2) is 0 Å². The van der Waals surface area contributed by atoms with E-state index in [-0.39, 0.29) is 12.1 Å². The molecule has 0 aromatic heterocycles. The molecule has 1 aliphatic heterocycles. The number of urea groups is 1. The van der Waals surface area contributed by atoms with Gasteiger partial charge in [-0.1, -0.05) is 39.5 Å². The van der Waals surface area contributed by atoms with Crippen LogP contribution in [0.25, 0.3) is 0 Å². The molecule has 0 spiro atoms. The second-order valence-corrected chi connectivity index (χ2v) is 6.88. The number of aliphatic carboxylic acids is 1. The van der Waals surface area contributed by atoms with Crippen LogP contribution in [0.15, 0.2) is 0 Å². The highest BCUT2D eigenvalue weighted by Crippen LogP contribution is 2.29. The Morgan fingerprint density at radius 2 is 1.76 bits per heavy atom. The van der Waals surface area contributed by atoms with Gasteiger partial charge in [0.1, 0.15) is 5.54 Å². The lowest BCUT2D eigenvalue weighted by Gasteiger charge is -2.34. The molecule has 1 atom stereocenters. The summed E-state index contributed by atoms with van der Waals surface area (Å²) in [6.07, 6.45) is 7.00. The van der Waals surface area contributed by atoms with Gasteiger partial charge in [-0.25, -0.2) is 9.59 Å². The van der Waals surface area contributed by atoms with Gasteiger partial charge in [-0.15, -0.1) is 0 Å². The molecule has 2 N–H and O–H groups in total. The molecule has 2 fully saturated rings. The van der Waals surface area contributed by atoms with E-state index in [9.17, 15) is 14.7 Å². The first-order valence-electron chi connectivity index (χ1n) is 8.28. The van der Waals surface area contributed by atoms with Crippen molar-refractivity contribution in [3.8, 4) is 0 Å². The summed E-state index contributed by atoms with van der Waals surface area (Å²) in [6, 6.07) is 0.0529. The fourth-order valence-electron chi connectivity index (χ4n) is 3.74. The first kappa shape index (κ1) is 16.1. The Morgan fingerprint density at radius 3 is 2.29 bits per heavy atom. The maximum Gasteiger partial charge on any atom is 0.329 e. The summed E-state index contributed by atoms with van der Waals surface area (Å²) in [7, 11) is 0. The van der Waals surface area contributed by atoms with Gasteiger partial charge in [-0.2, -0.15) is 0 Å². The number of carbonyl (C=O) groups is 2. The number of hydrogen-bond acceptors (Lipinski definition) is 2.